The predicted molar refractivity (Wildman–Crippen MR) is 54.6 cm³/mol. The van der Waals surface area contributed by atoms with Crippen LogP contribution in [0.1, 0.15) is 20.3 Å². The zero-order valence-corrected chi connectivity index (χ0v) is 9.32. The molecule has 0 aromatic carbocycles. The van der Waals surface area contributed by atoms with Gasteiger partial charge in [-0.3, -0.25) is 4.79 Å². The summed E-state index contributed by atoms with van der Waals surface area (Å²) < 4.78 is 0. The van der Waals surface area contributed by atoms with Gasteiger partial charge in [-0.15, -0.1) is 0 Å². The summed E-state index contributed by atoms with van der Waals surface area (Å²) >= 11 is 0. The van der Waals surface area contributed by atoms with E-state index in [9.17, 15) is 4.79 Å². The highest BCUT2D eigenvalue weighted by Gasteiger charge is 2.20. The van der Waals surface area contributed by atoms with Crippen LogP contribution in [0.3, 0.4) is 0 Å². The van der Waals surface area contributed by atoms with E-state index in [2.05, 4.69) is 13.8 Å². The molecule has 1 fully saturated rings. The lowest BCUT2D eigenvalue weighted by molar-refractivity contribution is -0.161. The predicted octanol–water partition coefficient (Wildman–Crippen LogP) is 0.738. The van der Waals surface area contributed by atoms with Crippen LogP contribution >= 0.6 is 0 Å². The second-order valence-electron chi connectivity index (χ2n) is 4.09. The normalized spacial score (nSPS) is 19.0. The summed E-state index contributed by atoms with van der Waals surface area (Å²) in [5.74, 6) is 0.721. The van der Waals surface area contributed by atoms with Crippen LogP contribution in [-0.4, -0.2) is 49.2 Å². The maximum Gasteiger partial charge on any atom is 0.222 e. The van der Waals surface area contributed by atoms with E-state index in [1.165, 1.54) is 0 Å². The van der Waals surface area contributed by atoms with E-state index in [1.807, 2.05) is 9.96 Å². The minimum atomic E-state index is 0.274. The van der Waals surface area contributed by atoms with E-state index in [4.69, 9.17) is 4.84 Å². The van der Waals surface area contributed by atoms with Crippen LogP contribution in [0.25, 0.3) is 0 Å². The summed E-state index contributed by atoms with van der Waals surface area (Å²) in [5, 5.41) is 1.89. The van der Waals surface area contributed by atoms with Crippen molar-refractivity contribution in [3.05, 3.63) is 0 Å². The molecule has 4 heteroatoms. The Morgan fingerprint density at radius 2 is 1.86 bits per heavy atom. The van der Waals surface area contributed by atoms with Gasteiger partial charge in [0.2, 0.25) is 5.91 Å². The molecule has 0 aromatic rings. The van der Waals surface area contributed by atoms with Gasteiger partial charge in [-0.05, 0) is 5.92 Å². The lowest BCUT2D eigenvalue weighted by atomic mass is 10.1. The number of carbonyl (C=O) groups excluding carboxylic acids is 1. The molecule has 0 aromatic heterocycles. The summed E-state index contributed by atoms with van der Waals surface area (Å²) in [7, 11) is 1.67. The van der Waals surface area contributed by atoms with Gasteiger partial charge in [0.05, 0.1) is 7.11 Å². The molecule has 1 saturated heterocycles. The van der Waals surface area contributed by atoms with Crippen LogP contribution in [0.5, 0.6) is 0 Å². The Morgan fingerprint density at radius 3 is 2.29 bits per heavy atom. The van der Waals surface area contributed by atoms with Crippen LogP contribution in [0, 0.1) is 5.92 Å². The lowest BCUT2D eigenvalue weighted by Crippen LogP contribution is -2.48. The summed E-state index contributed by atoms with van der Waals surface area (Å²) in [6.07, 6.45) is 0.660. The lowest BCUT2D eigenvalue weighted by Gasteiger charge is -2.33. The third-order valence-electron chi connectivity index (χ3n) is 2.43. The highest BCUT2D eigenvalue weighted by atomic mass is 16.7. The van der Waals surface area contributed by atoms with Crippen molar-refractivity contribution in [2.45, 2.75) is 20.3 Å². The van der Waals surface area contributed by atoms with Gasteiger partial charge in [0.1, 0.15) is 0 Å². The molecule has 0 N–H and O–H groups in total. The SMILES string of the molecule is CON1CCN(C(=O)CC(C)C)CC1. The van der Waals surface area contributed by atoms with Crippen molar-refractivity contribution in [3.63, 3.8) is 0 Å². The van der Waals surface area contributed by atoms with Gasteiger partial charge >= 0.3 is 0 Å². The Hall–Kier alpha value is -0.610. The van der Waals surface area contributed by atoms with E-state index in [0.717, 1.165) is 26.2 Å². The van der Waals surface area contributed by atoms with Crippen molar-refractivity contribution in [1.29, 1.82) is 0 Å². The number of nitrogens with zero attached hydrogens (tertiary/aromatic N) is 2. The molecule has 0 radical (unpaired) electrons. The third kappa shape index (κ3) is 3.27. The number of carbonyl (C=O) groups is 1. The van der Waals surface area contributed by atoms with Crippen LogP contribution in [0.4, 0.5) is 0 Å². The number of hydrogen-bond acceptors (Lipinski definition) is 3. The van der Waals surface area contributed by atoms with Crippen molar-refractivity contribution in [3.8, 4) is 0 Å². The first-order chi connectivity index (χ1) is 6.63. The number of amides is 1. The average molecular weight is 200 g/mol. The first-order valence-electron chi connectivity index (χ1n) is 5.20. The summed E-state index contributed by atoms with van der Waals surface area (Å²) in [5.41, 5.74) is 0. The molecule has 1 rings (SSSR count). The molecule has 1 heterocycles. The number of hydrogen-bond donors (Lipinski definition) is 0. The number of rotatable bonds is 3. The van der Waals surface area contributed by atoms with Gasteiger partial charge in [-0.25, -0.2) is 0 Å². The molecule has 0 aliphatic carbocycles. The smallest absolute Gasteiger partial charge is 0.222 e. The quantitative estimate of drug-likeness (QED) is 0.673. The molecule has 0 atom stereocenters. The maximum atomic E-state index is 11.7. The van der Waals surface area contributed by atoms with E-state index in [-0.39, 0.29) is 5.91 Å². The third-order valence-corrected chi connectivity index (χ3v) is 2.43. The van der Waals surface area contributed by atoms with E-state index < -0.39 is 0 Å². The molecule has 0 saturated carbocycles. The highest BCUT2D eigenvalue weighted by Crippen LogP contribution is 2.07. The van der Waals surface area contributed by atoms with Gasteiger partial charge in [0, 0.05) is 32.6 Å². The molecular weight excluding hydrogens is 180 g/mol. The van der Waals surface area contributed by atoms with Crippen molar-refractivity contribution < 1.29 is 9.63 Å². The fraction of sp³-hybridized carbons (Fsp3) is 0.900. The Kier molecular flexibility index (Phi) is 4.35. The van der Waals surface area contributed by atoms with Crippen molar-refractivity contribution in [1.82, 2.24) is 9.96 Å². The van der Waals surface area contributed by atoms with Gasteiger partial charge < -0.3 is 9.74 Å². The molecule has 1 amide bonds. The van der Waals surface area contributed by atoms with Gasteiger partial charge in [0.15, 0.2) is 0 Å². The fourth-order valence-corrected chi connectivity index (χ4v) is 1.60. The second kappa shape index (κ2) is 5.32. The fourth-order valence-electron chi connectivity index (χ4n) is 1.60. The standard InChI is InChI=1S/C10H20N2O2/c1-9(2)8-10(13)11-4-6-12(14-3)7-5-11/h9H,4-8H2,1-3H3. The molecule has 0 unspecified atom stereocenters. The Balaban J connectivity index is 2.30. The largest absolute Gasteiger partial charge is 0.340 e. The minimum absolute atomic E-state index is 0.274. The molecule has 14 heavy (non-hydrogen) atoms. The van der Waals surface area contributed by atoms with Crippen LogP contribution < -0.4 is 0 Å². The summed E-state index contributed by atoms with van der Waals surface area (Å²) in [6, 6.07) is 0. The summed E-state index contributed by atoms with van der Waals surface area (Å²) in [4.78, 5) is 18.7. The van der Waals surface area contributed by atoms with Crippen LogP contribution in [0.2, 0.25) is 0 Å². The van der Waals surface area contributed by atoms with Gasteiger partial charge in [-0.2, -0.15) is 5.06 Å². The maximum absolute atomic E-state index is 11.7. The monoisotopic (exact) mass is 200 g/mol. The molecule has 1 aliphatic heterocycles. The Morgan fingerprint density at radius 1 is 1.29 bits per heavy atom. The van der Waals surface area contributed by atoms with E-state index in [1.54, 1.807) is 7.11 Å². The Bertz CT molecular complexity index is 187. The first-order valence-corrected chi connectivity index (χ1v) is 5.20. The van der Waals surface area contributed by atoms with Gasteiger partial charge in [-0.1, -0.05) is 13.8 Å². The molecule has 0 bridgehead atoms. The molecule has 1 aliphatic rings. The number of piperazine rings is 1. The minimum Gasteiger partial charge on any atom is -0.340 e. The Labute approximate surface area is 85.8 Å². The first kappa shape index (κ1) is 11.5. The zero-order valence-electron chi connectivity index (χ0n) is 9.32. The topological polar surface area (TPSA) is 32.8 Å². The molecule has 82 valence electrons. The number of hydroxylamine groups is 2. The van der Waals surface area contributed by atoms with E-state index in [0.29, 0.717) is 12.3 Å². The molecule has 0 spiro atoms. The van der Waals surface area contributed by atoms with Gasteiger partial charge in [0.25, 0.3) is 0 Å². The van der Waals surface area contributed by atoms with Crippen molar-refractivity contribution in [2.75, 3.05) is 33.3 Å². The van der Waals surface area contributed by atoms with Crippen molar-refractivity contribution in [2.24, 2.45) is 5.92 Å². The van der Waals surface area contributed by atoms with E-state index >= 15 is 0 Å². The van der Waals surface area contributed by atoms with Crippen LogP contribution in [-0.2, 0) is 9.63 Å². The second-order valence-corrected chi connectivity index (χ2v) is 4.09. The van der Waals surface area contributed by atoms with Crippen LogP contribution in [0.15, 0.2) is 0 Å². The summed E-state index contributed by atoms with van der Waals surface area (Å²) in [6.45, 7) is 7.37. The highest BCUT2D eigenvalue weighted by molar-refractivity contribution is 5.76. The average Bonchev–Trinajstić information content (AvgIpc) is 2.17. The molecular formula is C10H20N2O2. The van der Waals surface area contributed by atoms with Crippen molar-refractivity contribution >= 4 is 5.91 Å². The molecule has 4 nitrogen and oxygen atoms in total. The zero-order chi connectivity index (χ0) is 10.6.